The topological polar surface area (TPSA) is 67.9 Å². The van der Waals surface area contributed by atoms with Crippen molar-refractivity contribution in [2.75, 3.05) is 26.7 Å². The van der Waals surface area contributed by atoms with Crippen molar-refractivity contribution >= 4 is 30.6 Å². The van der Waals surface area contributed by atoms with Crippen LogP contribution < -0.4 is 15.7 Å². The van der Waals surface area contributed by atoms with E-state index < -0.39 is 8.32 Å². The van der Waals surface area contributed by atoms with Gasteiger partial charge in [-0.1, -0.05) is 243 Å². The first-order valence-electron chi connectivity index (χ1n) is 26.5. The molecule has 0 bridgehead atoms. The van der Waals surface area contributed by atoms with E-state index in [0.29, 0.717) is 26.0 Å². The summed E-state index contributed by atoms with van der Waals surface area (Å²) in [4.78, 5) is 29.2. The van der Waals surface area contributed by atoms with Gasteiger partial charge in [0.05, 0.1) is 12.6 Å². The highest BCUT2D eigenvalue weighted by atomic mass is 28.4. The zero-order valence-corrected chi connectivity index (χ0v) is 43.1. The maximum absolute atomic E-state index is 13.7. The highest BCUT2D eigenvalue weighted by Crippen LogP contribution is 2.37. The van der Waals surface area contributed by atoms with Crippen molar-refractivity contribution in [3.8, 4) is 0 Å². The van der Waals surface area contributed by atoms with Gasteiger partial charge in [0, 0.05) is 25.9 Å². The lowest BCUT2D eigenvalue weighted by atomic mass is 10.0. The summed E-state index contributed by atoms with van der Waals surface area (Å²) in [6.45, 7) is 15.6. The molecule has 0 aliphatic heterocycles. The number of hydrogen-bond acceptors (Lipinski definition) is 5. The molecule has 2 rings (SSSR count). The van der Waals surface area contributed by atoms with Crippen molar-refractivity contribution in [3.63, 3.8) is 0 Å². The second-order valence-corrected chi connectivity index (χ2v) is 24.3. The van der Waals surface area contributed by atoms with Crippen LogP contribution in [0.3, 0.4) is 0 Å². The van der Waals surface area contributed by atoms with E-state index >= 15 is 0 Å². The maximum Gasteiger partial charge on any atom is 0.306 e. The van der Waals surface area contributed by atoms with Gasteiger partial charge in [0.2, 0.25) is 5.91 Å². The zero-order valence-electron chi connectivity index (χ0n) is 42.1. The van der Waals surface area contributed by atoms with Crippen molar-refractivity contribution in [2.45, 2.75) is 245 Å². The van der Waals surface area contributed by atoms with Gasteiger partial charge in [-0.25, -0.2) is 0 Å². The molecular formula is C56H98N2O4Si. The fraction of sp³-hybridized carbons (Fsp3) is 0.750. The molecule has 7 heteroatoms. The zero-order chi connectivity index (χ0) is 45.9. The van der Waals surface area contributed by atoms with Crippen LogP contribution in [0.25, 0.3) is 0 Å². The minimum Gasteiger partial charge on any atom is -0.462 e. The highest BCUT2D eigenvalue weighted by molar-refractivity contribution is 6.99. The van der Waals surface area contributed by atoms with E-state index in [1.807, 2.05) is 0 Å². The van der Waals surface area contributed by atoms with Gasteiger partial charge in [0.15, 0.2) is 0 Å². The SMILES string of the molecule is CCCCCCCCCCCCCC(=O)N[C@@H](CO[Si](c1ccccc1)(c1ccccc1)C(C)(C)C)CN(C)CC[C@@H](CCCCCCC)OC(=O)CCCCCCCCCCC. The van der Waals surface area contributed by atoms with Crippen LogP contribution in [0.2, 0.25) is 5.04 Å². The molecule has 0 spiro atoms. The number of hydrogen-bond donors (Lipinski definition) is 1. The lowest BCUT2D eigenvalue weighted by Gasteiger charge is -2.44. The van der Waals surface area contributed by atoms with E-state index in [0.717, 1.165) is 51.5 Å². The standard InChI is InChI=1S/C56H98N2O4Si/c1-8-11-14-17-19-21-22-24-25-28-37-44-54(59)57-50(49-61-63(56(4,5)6,52-40-33-30-34-41-52)53-42-35-31-36-43-53)48-58(7)47-46-51(39-32-27-16-13-10-3)62-55(60)45-38-29-26-23-20-18-15-12-9-2/h30-31,33-36,40-43,50-51H,8-29,32,37-39,44-49H2,1-7H3,(H,57,59)/t50-,51-/m1/s1. The molecule has 0 aromatic heterocycles. The quantitative estimate of drug-likeness (QED) is 0.0410. The van der Waals surface area contributed by atoms with Gasteiger partial charge in [-0.05, 0) is 54.6 Å². The predicted octanol–water partition coefficient (Wildman–Crippen LogP) is 14.3. The first kappa shape index (κ1) is 56.6. The van der Waals surface area contributed by atoms with E-state index in [-0.39, 0.29) is 29.1 Å². The summed E-state index contributed by atoms with van der Waals surface area (Å²) in [5.74, 6) is 0.0798. The molecule has 2 aromatic rings. The monoisotopic (exact) mass is 891 g/mol. The number of ether oxygens (including phenoxy) is 1. The van der Waals surface area contributed by atoms with Gasteiger partial charge in [0.25, 0.3) is 8.32 Å². The number of rotatable bonds is 40. The largest absolute Gasteiger partial charge is 0.462 e. The molecule has 0 aliphatic rings. The summed E-state index contributed by atoms with van der Waals surface area (Å²) in [5, 5.41) is 5.80. The van der Waals surface area contributed by atoms with Crippen LogP contribution in [0.4, 0.5) is 0 Å². The summed E-state index contributed by atoms with van der Waals surface area (Å²) in [5.41, 5.74) is 0. The molecule has 0 unspecified atom stereocenters. The molecule has 1 N–H and O–H groups in total. The Morgan fingerprint density at radius 1 is 0.571 bits per heavy atom. The van der Waals surface area contributed by atoms with Gasteiger partial charge in [-0.2, -0.15) is 0 Å². The van der Waals surface area contributed by atoms with E-state index in [1.165, 1.54) is 139 Å². The van der Waals surface area contributed by atoms with Crippen molar-refractivity contribution in [1.29, 1.82) is 0 Å². The smallest absolute Gasteiger partial charge is 0.306 e. The number of nitrogens with zero attached hydrogens (tertiary/aromatic N) is 1. The molecule has 1 amide bonds. The molecule has 2 aromatic carbocycles. The Morgan fingerprint density at radius 3 is 1.43 bits per heavy atom. The summed E-state index contributed by atoms with van der Waals surface area (Å²) in [6, 6.07) is 21.4. The Labute approximate surface area is 390 Å². The summed E-state index contributed by atoms with van der Waals surface area (Å²) in [6.07, 6.45) is 33.7. The molecule has 0 heterocycles. The molecule has 2 atom stereocenters. The Morgan fingerprint density at radius 2 is 0.984 bits per heavy atom. The van der Waals surface area contributed by atoms with E-state index in [4.69, 9.17) is 9.16 Å². The maximum atomic E-state index is 13.7. The van der Waals surface area contributed by atoms with E-state index in [9.17, 15) is 9.59 Å². The Bertz CT molecular complexity index is 1340. The van der Waals surface area contributed by atoms with Gasteiger partial charge >= 0.3 is 5.97 Å². The molecule has 6 nitrogen and oxygen atoms in total. The molecule has 0 radical (unpaired) electrons. The lowest BCUT2D eigenvalue weighted by molar-refractivity contribution is -0.150. The molecule has 0 saturated heterocycles. The van der Waals surface area contributed by atoms with Gasteiger partial charge in [-0.15, -0.1) is 0 Å². The second kappa shape index (κ2) is 35.7. The third-order valence-electron chi connectivity index (χ3n) is 13.1. The van der Waals surface area contributed by atoms with Crippen LogP contribution >= 0.6 is 0 Å². The third-order valence-corrected chi connectivity index (χ3v) is 18.1. The second-order valence-electron chi connectivity index (χ2n) is 20.0. The molecule has 0 saturated carbocycles. The van der Waals surface area contributed by atoms with Crippen LogP contribution in [0.5, 0.6) is 0 Å². The van der Waals surface area contributed by atoms with E-state index in [1.54, 1.807) is 0 Å². The lowest BCUT2D eigenvalue weighted by Crippen LogP contribution is -2.67. The average Bonchev–Trinajstić information content (AvgIpc) is 3.27. The van der Waals surface area contributed by atoms with Crippen LogP contribution in [0.15, 0.2) is 60.7 Å². The molecule has 0 aliphatic carbocycles. The number of carbonyl (C=O) groups is 2. The fourth-order valence-electron chi connectivity index (χ4n) is 9.27. The van der Waals surface area contributed by atoms with E-state index in [2.05, 4.69) is 119 Å². The predicted molar refractivity (Wildman–Crippen MR) is 274 cm³/mol. The van der Waals surface area contributed by atoms with Crippen molar-refractivity contribution in [3.05, 3.63) is 60.7 Å². The number of unbranched alkanes of at least 4 members (excludes halogenated alkanes) is 22. The third kappa shape index (κ3) is 25.1. The minimum atomic E-state index is -2.80. The van der Waals surface area contributed by atoms with Crippen molar-refractivity contribution in [2.24, 2.45) is 0 Å². The normalized spacial score (nSPS) is 13.0. The molecule has 63 heavy (non-hydrogen) atoms. The Kier molecular flexibility index (Phi) is 32.1. The molecular weight excluding hydrogens is 793 g/mol. The van der Waals surface area contributed by atoms with Crippen molar-refractivity contribution in [1.82, 2.24) is 10.2 Å². The fourth-order valence-corrected chi connectivity index (χ4v) is 13.9. The average molecular weight is 891 g/mol. The van der Waals surface area contributed by atoms with Crippen LogP contribution in [-0.2, 0) is 18.8 Å². The van der Waals surface area contributed by atoms with Crippen LogP contribution in [0, 0.1) is 0 Å². The van der Waals surface area contributed by atoms with Gasteiger partial charge in [-0.3, -0.25) is 9.59 Å². The number of likely N-dealkylation sites (N-methyl/N-ethyl adjacent to an activating group) is 1. The Hall–Kier alpha value is -2.48. The van der Waals surface area contributed by atoms with Gasteiger partial charge in [0.1, 0.15) is 6.10 Å². The Balaban J connectivity index is 2.12. The number of benzene rings is 2. The first-order valence-corrected chi connectivity index (χ1v) is 28.4. The molecule has 360 valence electrons. The summed E-state index contributed by atoms with van der Waals surface area (Å²) in [7, 11) is -0.657. The number of amides is 1. The number of nitrogens with one attached hydrogen (secondary N) is 1. The van der Waals surface area contributed by atoms with Crippen molar-refractivity contribution < 1.29 is 18.8 Å². The summed E-state index contributed by atoms with van der Waals surface area (Å²) >= 11 is 0. The highest BCUT2D eigenvalue weighted by Gasteiger charge is 2.50. The van der Waals surface area contributed by atoms with Gasteiger partial charge < -0.3 is 19.4 Å². The first-order chi connectivity index (χ1) is 30.6. The van der Waals surface area contributed by atoms with Crippen LogP contribution in [0.1, 0.15) is 228 Å². The summed E-state index contributed by atoms with van der Waals surface area (Å²) < 4.78 is 13.6. The number of esters is 1. The molecule has 0 fully saturated rings. The minimum absolute atomic E-state index is 0.0367. The number of carbonyl (C=O) groups excluding carboxylic acids is 2. The van der Waals surface area contributed by atoms with Crippen LogP contribution in [-0.4, -0.2) is 64.0 Å².